The highest BCUT2D eigenvalue weighted by atomic mass is 19.1. The van der Waals surface area contributed by atoms with Crippen molar-refractivity contribution < 1.29 is 18.7 Å². The van der Waals surface area contributed by atoms with Crippen LogP contribution in [0.5, 0.6) is 11.5 Å². The van der Waals surface area contributed by atoms with Gasteiger partial charge in [-0.3, -0.25) is 4.79 Å². The average molecular weight is 287 g/mol. The van der Waals surface area contributed by atoms with Gasteiger partial charge in [0, 0.05) is 6.54 Å². The van der Waals surface area contributed by atoms with E-state index in [4.69, 9.17) is 9.47 Å². The highest BCUT2D eigenvalue weighted by Gasteiger charge is 2.14. The molecule has 1 amide bonds. The molecule has 1 aliphatic heterocycles. The van der Waals surface area contributed by atoms with E-state index < -0.39 is 0 Å². The summed E-state index contributed by atoms with van der Waals surface area (Å²) >= 11 is 0. The van der Waals surface area contributed by atoms with Gasteiger partial charge in [-0.1, -0.05) is 18.2 Å². The van der Waals surface area contributed by atoms with E-state index in [1.165, 1.54) is 12.1 Å². The van der Waals surface area contributed by atoms with E-state index in [1.807, 2.05) is 6.07 Å². The van der Waals surface area contributed by atoms with Crippen molar-refractivity contribution in [3.05, 3.63) is 59.4 Å². The van der Waals surface area contributed by atoms with Crippen LogP contribution in [0.1, 0.15) is 11.1 Å². The number of halogens is 1. The number of amides is 1. The number of carbonyl (C=O) groups is 1. The van der Waals surface area contributed by atoms with Crippen molar-refractivity contribution in [1.82, 2.24) is 5.32 Å². The van der Waals surface area contributed by atoms with Crippen molar-refractivity contribution >= 4 is 5.91 Å². The zero-order valence-electron chi connectivity index (χ0n) is 11.3. The predicted molar refractivity (Wildman–Crippen MR) is 74.5 cm³/mol. The van der Waals surface area contributed by atoms with Crippen LogP contribution in [0, 0.1) is 5.82 Å². The van der Waals surface area contributed by atoms with Crippen LogP contribution in [0.25, 0.3) is 0 Å². The lowest BCUT2D eigenvalue weighted by Crippen LogP contribution is -2.24. The van der Waals surface area contributed by atoms with E-state index in [0.717, 1.165) is 11.1 Å². The molecule has 3 rings (SSSR count). The van der Waals surface area contributed by atoms with Crippen molar-refractivity contribution in [2.75, 3.05) is 6.79 Å². The molecule has 4 nitrogen and oxygen atoms in total. The molecular formula is C16H14FNO3. The lowest BCUT2D eigenvalue weighted by Gasteiger charge is -2.06. The molecule has 108 valence electrons. The first-order valence-electron chi connectivity index (χ1n) is 6.60. The molecule has 0 saturated heterocycles. The Morgan fingerprint density at radius 3 is 2.57 bits per heavy atom. The first-order valence-corrected chi connectivity index (χ1v) is 6.60. The summed E-state index contributed by atoms with van der Waals surface area (Å²) < 4.78 is 23.3. The molecule has 21 heavy (non-hydrogen) atoms. The summed E-state index contributed by atoms with van der Waals surface area (Å²) in [6.45, 7) is 0.596. The molecule has 0 aromatic heterocycles. The summed E-state index contributed by atoms with van der Waals surface area (Å²) in [5.41, 5.74) is 1.71. The van der Waals surface area contributed by atoms with Crippen molar-refractivity contribution in [3.63, 3.8) is 0 Å². The minimum Gasteiger partial charge on any atom is -0.454 e. The Kier molecular flexibility index (Phi) is 3.73. The fraction of sp³-hybridized carbons (Fsp3) is 0.188. The van der Waals surface area contributed by atoms with Crippen molar-refractivity contribution in [1.29, 1.82) is 0 Å². The maximum atomic E-state index is 12.8. The molecule has 0 fully saturated rings. The number of ether oxygens (including phenoxy) is 2. The van der Waals surface area contributed by atoms with E-state index in [9.17, 15) is 9.18 Å². The molecule has 0 aliphatic carbocycles. The average Bonchev–Trinajstić information content (AvgIpc) is 2.94. The SMILES string of the molecule is O=C(Cc1ccc2c(c1)OCO2)NCc1ccc(F)cc1. The Bertz CT molecular complexity index is 655. The first kappa shape index (κ1) is 13.4. The number of fused-ring (bicyclic) bond motifs is 1. The summed E-state index contributed by atoms with van der Waals surface area (Å²) in [5, 5.41) is 2.80. The standard InChI is InChI=1S/C16H14FNO3/c17-13-4-1-11(2-5-13)9-18-16(19)8-12-3-6-14-15(7-12)21-10-20-14/h1-7H,8-10H2,(H,18,19). The minimum atomic E-state index is -0.287. The van der Waals surface area contributed by atoms with Crippen LogP contribution in [0.15, 0.2) is 42.5 Å². The number of benzene rings is 2. The largest absolute Gasteiger partial charge is 0.454 e. The van der Waals surface area contributed by atoms with Crippen molar-refractivity contribution in [3.8, 4) is 11.5 Å². The second-order valence-electron chi connectivity index (χ2n) is 4.77. The quantitative estimate of drug-likeness (QED) is 0.939. The Hall–Kier alpha value is -2.56. The number of hydrogen-bond acceptors (Lipinski definition) is 3. The van der Waals surface area contributed by atoms with Crippen LogP contribution >= 0.6 is 0 Å². The maximum absolute atomic E-state index is 12.8. The van der Waals surface area contributed by atoms with Gasteiger partial charge in [0.2, 0.25) is 12.7 Å². The monoisotopic (exact) mass is 287 g/mol. The van der Waals surface area contributed by atoms with E-state index in [-0.39, 0.29) is 24.9 Å². The summed E-state index contributed by atoms with van der Waals surface area (Å²) in [4.78, 5) is 11.9. The van der Waals surface area contributed by atoms with E-state index >= 15 is 0 Å². The topological polar surface area (TPSA) is 47.6 Å². The van der Waals surface area contributed by atoms with Gasteiger partial charge < -0.3 is 14.8 Å². The van der Waals surface area contributed by atoms with Crippen LogP contribution in [0.4, 0.5) is 4.39 Å². The molecule has 1 aliphatic rings. The van der Waals surface area contributed by atoms with Gasteiger partial charge in [-0.25, -0.2) is 4.39 Å². The second-order valence-corrected chi connectivity index (χ2v) is 4.77. The van der Waals surface area contributed by atoms with Gasteiger partial charge in [0.05, 0.1) is 6.42 Å². The third-order valence-corrected chi connectivity index (χ3v) is 3.20. The van der Waals surface area contributed by atoms with Crippen LogP contribution < -0.4 is 14.8 Å². The third-order valence-electron chi connectivity index (χ3n) is 3.20. The number of rotatable bonds is 4. The second kappa shape index (κ2) is 5.83. The Balaban J connectivity index is 1.55. The van der Waals surface area contributed by atoms with Crippen LogP contribution in [0.2, 0.25) is 0 Å². The normalized spacial score (nSPS) is 12.2. The van der Waals surface area contributed by atoms with Gasteiger partial charge in [0.1, 0.15) is 5.82 Å². The van der Waals surface area contributed by atoms with Gasteiger partial charge in [-0.2, -0.15) is 0 Å². The fourth-order valence-electron chi connectivity index (χ4n) is 2.10. The zero-order chi connectivity index (χ0) is 14.7. The Labute approximate surface area is 121 Å². The van der Waals surface area contributed by atoms with Crippen molar-refractivity contribution in [2.24, 2.45) is 0 Å². The fourth-order valence-corrected chi connectivity index (χ4v) is 2.10. The maximum Gasteiger partial charge on any atom is 0.231 e. The molecule has 1 heterocycles. The highest BCUT2D eigenvalue weighted by Crippen LogP contribution is 2.32. The molecule has 5 heteroatoms. The van der Waals surface area contributed by atoms with Crippen LogP contribution in [0.3, 0.4) is 0 Å². The molecule has 0 radical (unpaired) electrons. The minimum absolute atomic E-state index is 0.0989. The number of nitrogens with one attached hydrogen (secondary N) is 1. The molecule has 0 atom stereocenters. The molecule has 2 aromatic carbocycles. The van der Waals surface area contributed by atoms with Gasteiger partial charge in [0.25, 0.3) is 0 Å². The van der Waals surface area contributed by atoms with E-state index in [0.29, 0.717) is 18.0 Å². The Morgan fingerprint density at radius 1 is 1.05 bits per heavy atom. The third kappa shape index (κ3) is 3.31. The number of hydrogen-bond donors (Lipinski definition) is 1. The summed E-state index contributed by atoms with van der Waals surface area (Å²) in [5.74, 6) is 0.980. The number of carbonyl (C=O) groups excluding carboxylic acids is 1. The van der Waals surface area contributed by atoms with Crippen LogP contribution in [-0.2, 0) is 17.8 Å². The van der Waals surface area contributed by atoms with Gasteiger partial charge in [0.15, 0.2) is 11.5 Å². The summed E-state index contributed by atoms with van der Waals surface area (Å²) in [6.07, 6.45) is 0.262. The highest BCUT2D eigenvalue weighted by molar-refractivity contribution is 5.78. The van der Waals surface area contributed by atoms with Gasteiger partial charge in [-0.05, 0) is 35.4 Å². The lowest BCUT2D eigenvalue weighted by atomic mass is 10.1. The predicted octanol–water partition coefficient (Wildman–Crippen LogP) is 2.41. The first-order chi connectivity index (χ1) is 10.2. The molecular weight excluding hydrogens is 273 g/mol. The van der Waals surface area contributed by atoms with Crippen LogP contribution in [-0.4, -0.2) is 12.7 Å². The van der Waals surface area contributed by atoms with E-state index in [1.54, 1.807) is 24.3 Å². The lowest BCUT2D eigenvalue weighted by molar-refractivity contribution is -0.120. The van der Waals surface area contributed by atoms with E-state index in [2.05, 4.69) is 5.32 Å². The van der Waals surface area contributed by atoms with Crippen molar-refractivity contribution in [2.45, 2.75) is 13.0 Å². The zero-order valence-corrected chi connectivity index (χ0v) is 11.3. The molecule has 0 unspecified atom stereocenters. The molecule has 2 aromatic rings. The van der Waals surface area contributed by atoms with Gasteiger partial charge >= 0.3 is 0 Å². The molecule has 1 N–H and O–H groups in total. The molecule has 0 saturated carbocycles. The smallest absolute Gasteiger partial charge is 0.231 e. The molecule has 0 bridgehead atoms. The summed E-state index contributed by atoms with van der Waals surface area (Å²) in [7, 11) is 0. The van der Waals surface area contributed by atoms with Gasteiger partial charge in [-0.15, -0.1) is 0 Å². The molecule has 0 spiro atoms. The Morgan fingerprint density at radius 2 is 1.76 bits per heavy atom. The summed E-state index contributed by atoms with van der Waals surface area (Å²) in [6, 6.07) is 11.5.